The molecule has 0 fully saturated rings. The summed E-state index contributed by atoms with van der Waals surface area (Å²) in [6.45, 7) is 0.427. The van der Waals surface area contributed by atoms with Crippen molar-refractivity contribution < 1.29 is 9.50 Å². The van der Waals surface area contributed by atoms with Crippen molar-refractivity contribution in [1.29, 1.82) is 0 Å². The first-order chi connectivity index (χ1) is 12.2. The van der Waals surface area contributed by atoms with Crippen LogP contribution in [0.2, 0.25) is 0 Å². The number of aryl methyl sites for hydroxylation is 1. The zero-order chi connectivity index (χ0) is 17.2. The van der Waals surface area contributed by atoms with E-state index in [1.165, 1.54) is 12.1 Å². The number of halogens is 1. The van der Waals surface area contributed by atoms with E-state index in [2.05, 4.69) is 15.3 Å². The maximum atomic E-state index is 13.5. The smallest absolute Gasteiger partial charge is 0.165 e. The van der Waals surface area contributed by atoms with Gasteiger partial charge in [-0.2, -0.15) is 0 Å². The van der Waals surface area contributed by atoms with E-state index in [9.17, 15) is 9.50 Å². The molecule has 126 valence electrons. The molecule has 2 N–H and O–H groups in total. The van der Waals surface area contributed by atoms with Gasteiger partial charge >= 0.3 is 0 Å². The summed E-state index contributed by atoms with van der Waals surface area (Å²) in [5.41, 5.74) is 3.87. The summed E-state index contributed by atoms with van der Waals surface area (Å²) >= 11 is 0. The zero-order valence-electron chi connectivity index (χ0n) is 13.5. The second-order valence-electron chi connectivity index (χ2n) is 6.05. The number of aromatic hydroxyl groups is 1. The third-order valence-electron chi connectivity index (χ3n) is 4.34. The number of pyridine rings is 1. The molecule has 0 saturated carbocycles. The molecule has 25 heavy (non-hydrogen) atoms. The minimum atomic E-state index is -0.621. The van der Waals surface area contributed by atoms with Crippen LogP contribution in [0.5, 0.6) is 5.75 Å². The van der Waals surface area contributed by atoms with Gasteiger partial charge in [-0.25, -0.2) is 14.4 Å². The summed E-state index contributed by atoms with van der Waals surface area (Å²) in [4.78, 5) is 13.4. The van der Waals surface area contributed by atoms with E-state index >= 15 is 0 Å². The standard InChI is InChI=1S/C19H17FN4O/c20-15-10-12(4-5-17(15)25)11-22-19-14-2-1-3-16(14)23-18(24-19)13-6-8-21-9-7-13/h4-10,25H,1-3,11H2,(H,22,23,24). The molecule has 5 nitrogen and oxygen atoms in total. The van der Waals surface area contributed by atoms with Gasteiger partial charge in [0.25, 0.3) is 0 Å². The van der Waals surface area contributed by atoms with Gasteiger partial charge in [0.2, 0.25) is 0 Å². The van der Waals surface area contributed by atoms with Crippen LogP contribution in [0.15, 0.2) is 42.7 Å². The van der Waals surface area contributed by atoms with Gasteiger partial charge in [-0.15, -0.1) is 0 Å². The van der Waals surface area contributed by atoms with Crippen LogP contribution in [-0.4, -0.2) is 20.1 Å². The normalized spacial score (nSPS) is 12.8. The Morgan fingerprint density at radius 3 is 2.72 bits per heavy atom. The van der Waals surface area contributed by atoms with E-state index < -0.39 is 5.82 Å². The summed E-state index contributed by atoms with van der Waals surface area (Å²) in [5.74, 6) is 0.501. The molecule has 4 rings (SSSR count). The second-order valence-corrected chi connectivity index (χ2v) is 6.05. The molecule has 0 atom stereocenters. The topological polar surface area (TPSA) is 70.9 Å². The summed E-state index contributed by atoms with van der Waals surface area (Å²) in [6.07, 6.45) is 6.39. The van der Waals surface area contributed by atoms with Crippen LogP contribution in [0, 0.1) is 5.82 Å². The highest BCUT2D eigenvalue weighted by molar-refractivity contribution is 5.60. The van der Waals surface area contributed by atoms with Gasteiger partial charge in [-0.3, -0.25) is 4.98 Å². The number of hydrogen-bond acceptors (Lipinski definition) is 5. The molecule has 6 heteroatoms. The van der Waals surface area contributed by atoms with Crippen molar-refractivity contribution in [1.82, 2.24) is 15.0 Å². The van der Waals surface area contributed by atoms with Crippen LogP contribution in [-0.2, 0) is 19.4 Å². The van der Waals surface area contributed by atoms with Crippen LogP contribution < -0.4 is 5.32 Å². The highest BCUT2D eigenvalue weighted by Crippen LogP contribution is 2.29. The maximum Gasteiger partial charge on any atom is 0.165 e. The molecular formula is C19H17FN4O. The predicted molar refractivity (Wildman–Crippen MR) is 92.7 cm³/mol. The molecule has 0 amide bonds. The fourth-order valence-corrected chi connectivity index (χ4v) is 3.05. The van der Waals surface area contributed by atoms with Crippen molar-refractivity contribution in [3.05, 3.63) is 65.4 Å². The first-order valence-electron chi connectivity index (χ1n) is 8.22. The summed E-state index contributed by atoms with van der Waals surface area (Å²) in [7, 11) is 0. The molecule has 3 aromatic rings. The Hall–Kier alpha value is -3.02. The molecule has 0 radical (unpaired) electrons. The van der Waals surface area contributed by atoms with Crippen LogP contribution in [0.3, 0.4) is 0 Å². The molecule has 0 aliphatic heterocycles. The van der Waals surface area contributed by atoms with Gasteiger partial charge in [-0.05, 0) is 49.1 Å². The Bertz CT molecular complexity index is 915. The number of aromatic nitrogens is 3. The second kappa shape index (κ2) is 6.47. The number of phenols is 1. The summed E-state index contributed by atoms with van der Waals surface area (Å²) < 4.78 is 13.5. The first kappa shape index (κ1) is 15.5. The molecule has 0 spiro atoms. The Balaban J connectivity index is 1.64. The van der Waals surface area contributed by atoms with Crippen molar-refractivity contribution in [3.8, 4) is 17.1 Å². The van der Waals surface area contributed by atoms with Crippen LogP contribution in [0.4, 0.5) is 10.2 Å². The number of nitrogens with zero attached hydrogens (tertiary/aromatic N) is 3. The van der Waals surface area contributed by atoms with Gasteiger partial charge in [0.1, 0.15) is 5.82 Å². The van der Waals surface area contributed by atoms with Crippen LogP contribution in [0.1, 0.15) is 23.2 Å². The Morgan fingerprint density at radius 2 is 1.92 bits per heavy atom. The minimum Gasteiger partial charge on any atom is -0.505 e. The van der Waals surface area contributed by atoms with E-state index in [4.69, 9.17) is 4.98 Å². The van der Waals surface area contributed by atoms with Gasteiger partial charge in [0.05, 0.1) is 0 Å². The lowest BCUT2D eigenvalue weighted by molar-refractivity contribution is 0.432. The quantitative estimate of drug-likeness (QED) is 0.763. The number of fused-ring (bicyclic) bond motifs is 1. The Labute approximate surface area is 144 Å². The number of anilines is 1. The molecule has 2 aromatic heterocycles. The molecule has 1 aliphatic rings. The number of nitrogens with one attached hydrogen (secondary N) is 1. The van der Waals surface area contributed by atoms with E-state index in [0.29, 0.717) is 12.4 Å². The summed E-state index contributed by atoms with van der Waals surface area (Å²) in [5, 5.41) is 12.6. The van der Waals surface area contributed by atoms with E-state index in [0.717, 1.165) is 47.5 Å². The Morgan fingerprint density at radius 1 is 1.08 bits per heavy atom. The lowest BCUT2D eigenvalue weighted by atomic mass is 10.2. The lowest BCUT2D eigenvalue weighted by Gasteiger charge is -2.12. The average Bonchev–Trinajstić information content (AvgIpc) is 3.12. The molecule has 0 unspecified atom stereocenters. The molecule has 1 aromatic carbocycles. The fraction of sp³-hybridized carbons (Fsp3) is 0.211. The largest absolute Gasteiger partial charge is 0.505 e. The number of rotatable bonds is 4. The summed E-state index contributed by atoms with van der Waals surface area (Å²) in [6, 6.07) is 8.15. The number of benzene rings is 1. The van der Waals surface area contributed by atoms with Gasteiger partial charge in [0.15, 0.2) is 17.4 Å². The average molecular weight is 336 g/mol. The highest BCUT2D eigenvalue weighted by Gasteiger charge is 2.20. The van der Waals surface area contributed by atoms with Crippen molar-refractivity contribution in [2.75, 3.05) is 5.32 Å². The Kier molecular flexibility index (Phi) is 4.01. The van der Waals surface area contributed by atoms with Gasteiger partial charge in [0, 0.05) is 35.8 Å². The predicted octanol–water partition coefficient (Wildman–Crippen LogP) is 3.48. The van der Waals surface area contributed by atoms with E-state index in [1.807, 2.05) is 12.1 Å². The lowest BCUT2D eigenvalue weighted by Crippen LogP contribution is -2.07. The molecule has 1 aliphatic carbocycles. The van der Waals surface area contributed by atoms with Gasteiger partial charge in [-0.1, -0.05) is 6.07 Å². The third kappa shape index (κ3) is 3.15. The van der Waals surface area contributed by atoms with Crippen LogP contribution >= 0.6 is 0 Å². The third-order valence-corrected chi connectivity index (χ3v) is 4.34. The van der Waals surface area contributed by atoms with Gasteiger partial charge < -0.3 is 10.4 Å². The zero-order valence-corrected chi connectivity index (χ0v) is 13.5. The van der Waals surface area contributed by atoms with E-state index in [1.54, 1.807) is 18.5 Å². The van der Waals surface area contributed by atoms with E-state index in [-0.39, 0.29) is 5.75 Å². The number of hydrogen-bond donors (Lipinski definition) is 2. The first-order valence-corrected chi connectivity index (χ1v) is 8.22. The molecule has 2 heterocycles. The monoisotopic (exact) mass is 336 g/mol. The molecule has 0 bridgehead atoms. The highest BCUT2D eigenvalue weighted by atomic mass is 19.1. The molecule has 0 saturated heterocycles. The van der Waals surface area contributed by atoms with Crippen molar-refractivity contribution in [2.24, 2.45) is 0 Å². The van der Waals surface area contributed by atoms with Crippen molar-refractivity contribution >= 4 is 5.82 Å². The maximum absolute atomic E-state index is 13.5. The molecular weight excluding hydrogens is 319 g/mol. The van der Waals surface area contributed by atoms with Crippen molar-refractivity contribution in [2.45, 2.75) is 25.8 Å². The minimum absolute atomic E-state index is 0.341. The SMILES string of the molecule is Oc1ccc(CNc2nc(-c3ccncc3)nc3c2CCC3)cc1F. The van der Waals surface area contributed by atoms with Crippen LogP contribution in [0.25, 0.3) is 11.4 Å². The fourth-order valence-electron chi connectivity index (χ4n) is 3.05. The number of phenolic OH excluding ortho intramolecular Hbond substituents is 1. The van der Waals surface area contributed by atoms with Crippen molar-refractivity contribution in [3.63, 3.8) is 0 Å².